The van der Waals surface area contributed by atoms with Crippen molar-refractivity contribution in [1.82, 2.24) is 14.9 Å². The van der Waals surface area contributed by atoms with Crippen molar-refractivity contribution < 1.29 is 0 Å². The number of benzene rings is 1. The van der Waals surface area contributed by atoms with Gasteiger partial charge in [0.05, 0.1) is 6.21 Å². The highest BCUT2D eigenvalue weighted by Gasteiger charge is 1.97. The minimum absolute atomic E-state index is 0.490. The molecule has 0 saturated heterocycles. The number of nitrogens with one attached hydrogen (secondary N) is 1. The van der Waals surface area contributed by atoms with Crippen LogP contribution in [0.3, 0.4) is 0 Å². The van der Waals surface area contributed by atoms with Gasteiger partial charge in [0.15, 0.2) is 0 Å². The van der Waals surface area contributed by atoms with Crippen LogP contribution in [0.5, 0.6) is 0 Å². The maximum Gasteiger partial charge on any atom is 0.216 e. The van der Waals surface area contributed by atoms with Crippen LogP contribution in [-0.2, 0) is 0 Å². The Bertz CT molecular complexity index is 585. The van der Waals surface area contributed by atoms with E-state index in [2.05, 4.69) is 31.2 Å². The van der Waals surface area contributed by atoms with Crippen LogP contribution in [0.4, 0.5) is 0 Å². The van der Waals surface area contributed by atoms with E-state index < -0.39 is 0 Å². The molecule has 0 aliphatic rings. The van der Waals surface area contributed by atoms with Gasteiger partial charge >= 0.3 is 0 Å². The summed E-state index contributed by atoms with van der Waals surface area (Å²) < 4.78 is 3.09. The molecule has 82 valence electrons. The minimum atomic E-state index is 0.490. The fourth-order valence-corrected chi connectivity index (χ4v) is 1.86. The predicted molar refractivity (Wildman–Crippen MR) is 69.3 cm³/mol. The second-order valence-corrected chi connectivity index (χ2v) is 4.49. The van der Waals surface area contributed by atoms with E-state index in [0.717, 1.165) is 15.9 Å². The summed E-state index contributed by atoms with van der Waals surface area (Å²) in [5.74, 6) is 0.733. The number of hydrogen-bond donors (Lipinski definition) is 1. The van der Waals surface area contributed by atoms with Crippen molar-refractivity contribution in [2.45, 2.75) is 6.92 Å². The second kappa shape index (κ2) is 4.71. The number of nitrogens with zero attached hydrogens (tertiary/aromatic N) is 3. The first-order valence-corrected chi connectivity index (χ1v) is 5.81. The van der Waals surface area contributed by atoms with Crippen molar-refractivity contribution in [3.8, 4) is 0 Å². The summed E-state index contributed by atoms with van der Waals surface area (Å²) in [5, 5.41) is 10.9. The smallest absolute Gasteiger partial charge is 0.216 e. The number of rotatable bonds is 2. The SMILES string of the molecule is Cc1n[nH]c(=S)n1/N=C\c1cccc(Br)c1. The zero-order valence-corrected chi connectivity index (χ0v) is 10.9. The third-order valence-electron chi connectivity index (χ3n) is 1.98. The molecule has 6 heteroatoms. The maximum atomic E-state index is 5.04. The number of H-pyrrole nitrogens is 1. The fourth-order valence-electron chi connectivity index (χ4n) is 1.22. The van der Waals surface area contributed by atoms with Gasteiger partial charge in [0.1, 0.15) is 5.82 Å². The monoisotopic (exact) mass is 296 g/mol. The van der Waals surface area contributed by atoms with Gasteiger partial charge in [-0.1, -0.05) is 28.1 Å². The van der Waals surface area contributed by atoms with Crippen molar-refractivity contribution in [3.05, 3.63) is 44.9 Å². The van der Waals surface area contributed by atoms with E-state index in [9.17, 15) is 0 Å². The van der Waals surface area contributed by atoms with E-state index in [4.69, 9.17) is 12.2 Å². The molecule has 0 unspecified atom stereocenters. The molecule has 0 aliphatic carbocycles. The first-order valence-electron chi connectivity index (χ1n) is 4.61. The molecule has 1 aromatic carbocycles. The van der Waals surface area contributed by atoms with Crippen LogP contribution in [-0.4, -0.2) is 21.1 Å². The molecular weight excluding hydrogens is 288 g/mol. The lowest BCUT2D eigenvalue weighted by atomic mass is 10.2. The van der Waals surface area contributed by atoms with Gasteiger partial charge in [-0.2, -0.15) is 14.9 Å². The lowest BCUT2D eigenvalue weighted by molar-refractivity contribution is 0.821. The molecule has 2 rings (SSSR count). The first-order chi connectivity index (χ1) is 7.66. The molecule has 0 aliphatic heterocycles. The number of halogens is 1. The van der Waals surface area contributed by atoms with E-state index in [0.29, 0.717) is 4.77 Å². The predicted octanol–water partition coefficient (Wildman–Crippen LogP) is 2.89. The molecule has 0 fully saturated rings. The molecule has 16 heavy (non-hydrogen) atoms. The quantitative estimate of drug-likeness (QED) is 0.684. The summed E-state index contributed by atoms with van der Waals surface area (Å²) in [6.45, 7) is 1.84. The Morgan fingerprint density at radius 1 is 1.56 bits per heavy atom. The van der Waals surface area contributed by atoms with Gasteiger partial charge in [-0.25, -0.2) is 0 Å². The van der Waals surface area contributed by atoms with Gasteiger partial charge in [0.25, 0.3) is 0 Å². The van der Waals surface area contributed by atoms with E-state index in [1.54, 1.807) is 10.9 Å². The molecule has 2 aromatic rings. The van der Waals surface area contributed by atoms with Crippen LogP contribution in [0, 0.1) is 11.7 Å². The molecule has 1 N–H and O–H groups in total. The average Bonchev–Trinajstić information content (AvgIpc) is 2.56. The van der Waals surface area contributed by atoms with Crippen LogP contribution in [0.1, 0.15) is 11.4 Å². The number of aromatic amines is 1. The summed E-state index contributed by atoms with van der Waals surface area (Å²) in [7, 11) is 0. The van der Waals surface area contributed by atoms with Crippen LogP contribution < -0.4 is 0 Å². The molecular formula is C10H9BrN4S. The third-order valence-corrected chi connectivity index (χ3v) is 2.74. The van der Waals surface area contributed by atoms with Crippen molar-refractivity contribution >= 4 is 34.4 Å². The molecule has 0 radical (unpaired) electrons. The molecule has 0 saturated carbocycles. The number of aromatic nitrogens is 3. The summed E-state index contributed by atoms with van der Waals surface area (Å²) in [6.07, 6.45) is 1.74. The number of hydrogen-bond acceptors (Lipinski definition) is 3. The maximum absolute atomic E-state index is 5.04. The molecule has 0 bridgehead atoms. The van der Waals surface area contributed by atoms with Gasteiger partial charge in [-0.05, 0) is 36.8 Å². The molecule has 0 atom stereocenters. The summed E-state index contributed by atoms with van der Waals surface area (Å²) in [6, 6.07) is 7.86. The standard InChI is InChI=1S/C10H9BrN4S/c1-7-13-14-10(16)15(7)12-6-8-3-2-4-9(11)5-8/h2-6H,1H3,(H,14,16)/b12-6-. The van der Waals surface area contributed by atoms with Crippen molar-refractivity contribution in [1.29, 1.82) is 0 Å². The van der Waals surface area contributed by atoms with Gasteiger partial charge in [-0.3, -0.25) is 5.10 Å². The lowest BCUT2D eigenvalue weighted by Crippen LogP contribution is -1.93. The van der Waals surface area contributed by atoms with Crippen LogP contribution in [0.25, 0.3) is 0 Å². The first kappa shape index (κ1) is 11.2. The van der Waals surface area contributed by atoms with E-state index in [1.807, 2.05) is 31.2 Å². The Hall–Kier alpha value is -1.27. The van der Waals surface area contributed by atoms with Gasteiger partial charge in [-0.15, -0.1) is 0 Å². The van der Waals surface area contributed by atoms with Crippen molar-refractivity contribution in [2.24, 2.45) is 5.10 Å². The Kier molecular flexibility index (Phi) is 3.31. The van der Waals surface area contributed by atoms with Crippen LogP contribution in [0.15, 0.2) is 33.8 Å². The Balaban J connectivity index is 2.32. The highest BCUT2D eigenvalue weighted by molar-refractivity contribution is 9.10. The zero-order chi connectivity index (χ0) is 11.5. The third kappa shape index (κ3) is 2.45. The minimum Gasteiger partial charge on any atom is -0.250 e. The molecule has 0 spiro atoms. The summed E-state index contributed by atoms with van der Waals surface area (Å²) in [5.41, 5.74) is 0.997. The lowest BCUT2D eigenvalue weighted by Gasteiger charge is -1.95. The Morgan fingerprint density at radius 3 is 3.00 bits per heavy atom. The van der Waals surface area contributed by atoms with Crippen LogP contribution >= 0.6 is 28.1 Å². The largest absolute Gasteiger partial charge is 0.250 e. The Morgan fingerprint density at radius 2 is 2.38 bits per heavy atom. The molecule has 1 heterocycles. The van der Waals surface area contributed by atoms with Crippen LogP contribution in [0.2, 0.25) is 0 Å². The fraction of sp³-hybridized carbons (Fsp3) is 0.100. The van der Waals surface area contributed by atoms with E-state index in [-0.39, 0.29) is 0 Å². The zero-order valence-electron chi connectivity index (χ0n) is 8.51. The van der Waals surface area contributed by atoms with E-state index >= 15 is 0 Å². The number of aryl methyl sites for hydroxylation is 1. The molecule has 0 amide bonds. The van der Waals surface area contributed by atoms with Gasteiger partial charge in [0, 0.05) is 4.47 Å². The second-order valence-electron chi connectivity index (χ2n) is 3.19. The topological polar surface area (TPSA) is 46.0 Å². The Labute approximate surface area is 106 Å². The molecule has 4 nitrogen and oxygen atoms in total. The highest BCUT2D eigenvalue weighted by atomic mass is 79.9. The summed E-state index contributed by atoms with van der Waals surface area (Å²) >= 11 is 8.44. The van der Waals surface area contributed by atoms with E-state index in [1.165, 1.54) is 0 Å². The summed E-state index contributed by atoms with van der Waals surface area (Å²) in [4.78, 5) is 0. The van der Waals surface area contributed by atoms with Gasteiger partial charge < -0.3 is 0 Å². The van der Waals surface area contributed by atoms with Gasteiger partial charge in [0.2, 0.25) is 4.77 Å². The normalized spacial score (nSPS) is 11.1. The average molecular weight is 297 g/mol. The molecule has 1 aromatic heterocycles. The highest BCUT2D eigenvalue weighted by Crippen LogP contribution is 2.10. The van der Waals surface area contributed by atoms with Crippen molar-refractivity contribution in [3.63, 3.8) is 0 Å². The van der Waals surface area contributed by atoms with Crippen molar-refractivity contribution in [2.75, 3.05) is 0 Å².